The van der Waals surface area contributed by atoms with Gasteiger partial charge >= 0.3 is 0 Å². The van der Waals surface area contributed by atoms with Gasteiger partial charge in [0.2, 0.25) is 5.91 Å². The summed E-state index contributed by atoms with van der Waals surface area (Å²) in [7, 11) is 3.16. The number of nitriles is 1. The van der Waals surface area contributed by atoms with Crippen LogP contribution in [0, 0.1) is 18.3 Å². The van der Waals surface area contributed by atoms with Crippen molar-refractivity contribution in [2.45, 2.75) is 11.9 Å². The minimum Gasteiger partial charge on any atom is -0.493 e. The number of pyridine rings is 1. The Balaban J connectivity index is 1.77. The Labute approximate surface area is 209 Å². The molecule has 0 radical (unpaired) electrons. The highest BCUT2D eigenvalue weighted by atomic mass is 32.2. The molecule has 3 aromatic rings. The van der Waals surface area contributed by atoms with Crippen LogP contribution < -0.4 is 9.47 Å². The molecule has 0 bridgehead atoms. The topological polar surface area (TPSA) is 84.7 Å². The number of aromatic nitrogens is 1. The molecule has 4 rings (SSSR count). The predicted molar refractivity (Wildman–Crippen MR) is 136 cm³/mol. The molecule has 1 aromatic heterocycles. The van der Waals surface area contributed by atoms with Crippen LogP contribution >= 0.6 is 11.8 Å². The second kappa shape index (κ2) is 11.3. The van der Waals surface area contributed by atoms with Crippen molar-refractivity contribution in [3.63, 3.8) is 0 Å². The lowest BCUT2D eigenvalue weighted by Gasteiger charge is -2.26. The van der Waals surface area contributed by atoms with Gasteiger partial charge in [0.15, 0.2) is 11.5 Å². The van der Waals surface area contributed by atoms with Gasteiger partial charge < -0.3 is 19.1 Å². The van der Waals surface area contributed by atoms with Crippen molar-refractivity contribution >= 4 is 17.7 Å². The maximum Gasteiger partial charge on any atom is 0.233 e. The fourth-order valence-corrected chi connectivity index (χ4v) is 4.78. The van der Waals surface area contributed by atoms with E-state index in [9.17, 15) is 10.1 Å². The van der Waals surface area contributed by atoms with Crippen LogP contribution in [0.5, 0.6) is 11.5 Å². The van der Waals surface area contributed by atoms with Gasteiger partial charge in [0.25, 0.3) is 0 Å². The zero-order chi connectivity index (χ0) is 24.8. The highest BCUT2D eigenvalue weighted by Gasteiger charge is 2.21. The number of benzene rings is 2. The number of morpholine rings is 1. The van der Waals surface area contributed by atoms with Gasteiger partial charge in [0.1, 0.15) is 11.1 Å². The molecular formula is C27H27N3O4S. The van der Waals surface area contributed by atoms with Crippen LogP contribution in [0.4, 0.5) is 0 Å². The number of hydrogen-bond donors (Lipinski definition) is 0. The first kappa shape index (κ1) is 24.6. The highest BCUT2D eigenvalue weighted by Crippen LogP contribution is 2.38. The lowest BCUT2D eigenvalue weighted by Crippen LogP contribution is -2.41. The van der Waals surface area contributed by atoms with Crippen LogP contribution in [-0.4, -0.2) is 62.1 Å². The molecule has 0 saturated carbocycles. The van der Waals surface area contributed by atoms with E-state index >= 15 is 0 Å². The first-order valence-corrected chi connectivity index (χ1v) is 12.3. The number of carbonyl (C=O) groups is 1. The third kappa shape index (κ3) is 5.59. The number of rotatable bonds is 7. The fourth-order valence-electron chi connectivity index (χ4n) is 3.87. The predicted octanol–water partition coefficient (Wildman–Crippen LogP) is 4.56. The van der Waals surface area contributed by atoms with Crippen LogP contribution in [0.3, 0.4) is 0 Å². The quantitative estimate of drug-likeness (QED) is 0.450. The molecule has 0 N–H and O–H groups in total. The monoisotopic (exact) mass is 489 g/mol. The van der Waals surface area contributed by atoms with Crippen LogP contribution in [0.1, 0.15) is 11.1 Å². The fraction of sp³-hybridized carbons (Fsp3) is 0.296. The largest absolute Gasteiger partial charge is 0.493 e. The van der Waals surface area contributed by atoms with Crippen LogP contribution in [-0.2, 0) is 9.53 Å². The standard InChI is InChI=1S/C27H27N3O4S/c1-18-4-6-19(7-5-18)23-15-21(20-8-9-24(32-2)25(14-20)33-3)22(16-28)27(29-23)35-17-26(31)30-10-12-34-13-11-30/h4-9,14-15H,10-13,17H2,1-3H3. The summed E-state index contributed by atoms with van der Waals surface area (Å²) in [5.74, 6) is 1.38. The zero-order valence-electron chi connectivity index (χ0n) is 20.0. The average molecular weight is 490 g/mol. The molecule has 1 aliphatic heterocycles. The molecule has 180 valence electrons. The number of aryl methyl sites for hydroxylation is 1. The number of amides is 1. The number of thioether (sulfide) groups is 1. The second-order valence-electron chi connectivity index (χ2n) is 8.06. The van der Waals surface area contributed by atoms with Crippen molar-refractivity contribution in [3.05, 3.63) is 59.7 Å². The zero-order valence-corrected chi connectivity index (χ0v) is 20.9. The number of nitrogens with zero attached hydrogens (tertiary/aromatic N) is 3. The van der Waals surface area contributed by atoms with Crippen molar-refractivity contribution in [1.82, 2.24) is 9.88 Å². The van der Waals surface area contributed by atoms with Gasteiger partial charge in [-0.1, -0.05) is 47.7 Å². The number of carbonyl (C=O) groups excluding carboxylic acids is 1. The van der Waals surface area contributed by atoms with Gasteiger partial charge in [-0.3, -0.25) is 4.79 Å². The Hall–Kier alpha value is -3.54. The Morgan fingerprint density at radius 2 is 1.74 bits per heavy atom. The Morgan fingerprint density at radius 1 is 1.06 bits per heavy atom. The summed E-state index contributed by atoms with van der Waals surface area (Å²) in [6.07, 6.45) is 0. The van der Waals surface area contributed by atoms with E-state index in [1.165, 1.54) is 11.8 Å². The minimum absolute atomic E-state index is 0.0115. The first-order valence-electron chi connectivity index (χ1n) is 11.3. The summed E-state index contributed by atoms with van der Waals surface area (Å²) in [6.45, 7) is 4.29. The molecular weight excluding hydrogens is 462 g/mol. The maximum absolute atomic E-state index is 12.8. The molecule has 35 heavy (non-hydrogen) atoms. The van der Waals surface area contributed by atoms with Crippen molar-refractivity contribution in [1.29, 1.82) is 5.26 Å². The average Bonchev–Trinajstić information content (AvgIpc) is 2.91. The molecule has 0 atom stereocenters. The molecule has 1 fully saturated rings. The van der Waals surface area contributed by atoms with E-state index < -0.39 is 0 Å². The van der Waals surface area contributed by atoms with Gasteiger partial charge in [0, 0.05) is 24.2 Å². The van der Waals surface area contributed by atoms with Gasteiger partial charge in [-0.25, -0.2) is 4.98 Å². The summed E-state index contributed by atoms with van der Waals surface area (Å²) in [4.78, 5) is 19.4. The summed E-state index contributed by atoms with van der Waals surface area (Å²) in [6, 6.07) is 17.9. The van der Waals surface area contributed by atoms with Crippen LogP contribution in [0.2, 0.25) is 0 Å². The molecule has 8 heteroatoms. The second-order valence-corrected chi connectivity index (χ2v) is 9.03. The Kier molecular flexibility index (Phi) is 7.91. The number of methoxy groups -OCH3 is 2. The van der Waals surface area contributed by atoms with Gasteiger partial charge in [-0.05, 0) is 30.7 Å². The van der Waals surface area contributed by atoms with Crippen molar-refractivity contribution in [2.75, 3.05) is 46.3 Å². The third-order valence-electron chi connectivity index (χ3n) is 5.84. The SMILES string of the molecule is COc1ccc(-c2cc(-c3ccc(C)cc3)nc(SCC(=O)N3CCOCC3)c2C#N)cc1OC. The Bertz CT molecular complexity index is 1250. The third-order valence-corrected chi connectivity index (χ3v) is 6.80. The van der Waals surface area contributed by atoms with E-state index in [-0.39, 0.29) is 11.7 Å². The summed E-state index contributed by atoms with van der Waals surface area (Å²) < 4.78 is 16.2. The van der Waals surface area contributed by atoms with E-state index in [4.69, 9.17) is 19.2 Å². The van der Waals surface area contributed by atoms with Crippen LogP contribution in [0.15, 0.2) is 53.6 Å². The molecule has 1 amide bonds. The van der Waals surface area contributed by atoms with E-state index in [0.717, 1.165) is 27.9 Å². The van der Waals surface area contributed by atoms with E-state index in [1.807, 2.05) is 55.5 Å². The van der Waals surface area contributed by atoms with E-state index in [2.05, 4.69) is 6.07 Å². The summed E-state index contributed by atoms with van der Waals surface area (Å²) in [5, 5.41) is 10.7. The van der Waals surface area contributed by atoms with E-state index in [0.29, 0.717) is 48.4 Å². The molecule has 2 aromatic carbocycles. The maximum atomic E-state index is 12.8. The molecule has 2 heterocycles. The Morgan fingerprint density at radius 3 is 2.40 bits per heavy atom. The first-order chi connectivity index (χ1) is 17.0. The molecule has 7 nitrogen and oxygen atoms in total. The smallest absolute Gasteiger partial charge is 0.233 e. The molecule has 1 saturated heterocycles. The number of hydrogen-bond acceptors (Lipinski definition) is 7. The molecule has 0 aliphatic carbocycles. The van der Waals surface area contributed by atoms with Crippen molar-refractivity contribution in [3.8, 4) is 40.0 Å². The van der Waals surface area contributed by atoms with Crippen LogP contribution in [0.25, 0.3) is 22.4 Å². The van der Waals surface area contributed by atoms with Crippen molar-refractivity contribution < 1.29 is 19.0 Å². The molecule has 0 spiro atoms. The highest BCUT2D eigenvalue weighted by molar-refractivity contribution is 8.00. The summed E-state index contributed by atoms with van der Waals surface area (Å²) >= 11 is 1.29. The van der Waals surface area contributed by atoms with Gasteiger partial charge in [0.05, 0.1) is 44.4 Å². The molecule has 0 unspecified atom stereocenters. The lowest BCUT2D eigenvalue weighted by atomic mass is 9.98. The van der Waals surface area contributed by atoms with Gasteiger partial charge in [-0.2, -0.15) is 5.26 Å². The van der Waals surface area contributed by atoms with Crippen molar-refractivity contribution in [2.24, 2.45) is 0 Å². The number of ether oxygens (including phenoxy) is 3. The lowest BCUT2D eigenvalue weighted by molar-refractivity contribution is -0.132. The normalized spacial score (nSPS) is 13.3. The van der Waals surface area contributed by atoms with E-state index in [1.54, 1.807) is 19.1 Å². The van der Waals surface area contributed by atoms with Gasteiger partial charge in [-0.15, -0.1) is 0 Å². The minimum atomic E-state index is 0.0115. The summed E-state index contributed by atoms with van der Waals surface area (Å²) in [5.41, 5.74) is 4.76. The molecule has 1 aliphatic rings.